The van der Waals surface area contributed by atoms with Crippen LogP contribution in [-0.4, -0.2) is 24.1 Å². The first-order valence-corrected chi connectivity index (χ1v) is 7.47. The summed E-state index contributed by atoms with van der Waals surface area (Å²) in [5, 5.41) is 2.32. The number of aromatic nitrogens is 1. The van der Waals surface area contributed by atoms with E-state index in [0.717, 1.165) is 41.3 Å². The molecule has 3 nitrogen and oxygen atoms in total. The van der Waals surface area contributed by atoms with Crippen molar-refractivity contribution in [3.8, 4) is 0 Å². The van der Waals surface area contributed by atoms with E-state index < -0.39 is 0 Å². The van der Waals surface area contributed by atoms with Gasteiger partial charge in [0.25, 0.3) is 0 Å². The number of anilines is 1. The average Bonchev–Trinajstić information content (AvgIpc) is 2.74. The lowest BCUT2D eigenvalue weighted by Crippen LogP contribution is -2.39. The van der Waals surface area contributed by atoms with Gasteiger partial charge in [-0.3, -0.25) is 0 Å². The van der Waals surface area contributed by atoms with Gasteiger partial charge in [0.1, 0.15) is 0 Å². The van der Waals surface area contributed by atoms with Crippen LogP contribution in [0.15, 0.2) is 12.1 Å². The lowest BCUT2D eigenvalue weighted by Gasteiger charge is -2.29. The second kappa shape index (κ2) is 4.85. The van der Waals surface area contributed by atoms with Crippen LogP contribution < -0.4 is 10.6 Å². The van der Waals surface area contributed by atoms with Crippen molar-refractivity contribution in [2.24, 2.45) is 5.73 Å². The number of halogens is 2. The molecule has 0 saturated carbocycles. The van der Waals surface area contributed by atoms with E-state index in [-0.39, 0.29) is 0 Å². The maximum absolute atomic E-state index is 6.19. The third-order valence-corrected chi connectivity index (χ3v) is 5.00. The molecule has 96 valence electrons. The Labute approximate surface area is 119 Å². The summed E-state index contributed by atoms with van der Waals surface area (Å²) in [7, 11) is 0. The van der Waals surface area contributed by atoms with Crippen molar-refractivity contribution in [3.63, 3.8) is 0 Å². The molecule has 0 unspecified atom stereocenters. The summed E-state index contributed by atoms with van der Waals surface area (Å²) in [5.41, 5.74) is 6.79. The van der Waals surface area contributed by atoms with Gasteiger partial charge in [0.05, 0.1) is 15.2 Å². The standard InChI is InChI=1S/C12H13Cl2N3S/c13-7-5-9(14)11-10(6-7)16-12(18-11)17-3-1-8(15)2-4-17/h5-6,8H,1-4,15H2. The molecule has 0 bridgehead atoms. The SMILES string of the molecule is NC1CCN(c2nc3cc(Cl)cc(Cl)c3s2)CC1. The second-order valence-electron chi connectivity index (χ2n) is 4.56. The Hall–Kier alpha value is -0.550. The van der Waals surface area contributed by atoms with E-state index in [1.165, 1.54) is 0 Å². The zero-order chi connectivity index (χ0) is 12.7. The normalized spacial score (nSPS) is 17.6. The van der Waals surface area contributed by atoms with Crippen molar-refractivity contribution in [2.75, 3.05) is 18.0 Å². The van der Waals surface area contributed by atoms with Crippen LogP contribution in [0.3, 0.4) is 0 Å². The molecule has 0 radical (unpaired) electrons. The van der Waals surface area contributed by atoms with Crippen molar-refractivity contribution in [3.05, 3.63) is 22.2 Å². The van der Waals surface area contributed by atoms with Gasteiger partial charge in [-0.2, -0.15) is 0 Å². The predicted octanol–water partition coefficient (Wildman–Crippen LogP) is 3.53. The molecule has 18 heavy (non-hydrogen) atoms. The fourth-order valence-electron chi connectivity index (χ4n) is 2.17. The number of fused-ring (bicyclic) bond motifs is 1. The van der Waals surface area contributed by atoms with Crippen LogP contribution in [0.25, 0.3) is 10.2 Å². The molecule has 1 aliphatic rings. The third-order valence-electron chi connectivity index (χ3n) is 3.21. The fraction of sp³-hybridized carbons (Fsp3) is 0.417. The fourth-order valence-corrected chi connectivity index (χ4v) is 3.78. The monoisotopic (exact) mass is 301 g/mol. The molecule has 1 saturated heterocycles. The quantitative estimate of drug-likeness (QED) is 0.876. The van der Waals surface area contributed by atoms with Gasteiger partial charge in [-0.25, -0.2) is 4.98 Å². The van der Waals surface area contributed by atoms with E-state index >= 15 is 0 Å². The van der Waals surface area contributed by atoms with Gasteiger partial charge in [-0.1, -0.05) is 34.5 Å². The maximum Gasteiger partial charge on any atom is 0.186 e. The number of hydrogen-bond donors (Lipinski definition) is 1. The van der Waals surface area contributed by atoms with Crippen molar-refractivity contribution in [1.82, 2.24) is 4.98 Å². The summed E-state index contributed by atoms with van der Waals surface area (Å²) in [4.78, 5) is 6.89. The largest absolute Gasteiger partial charge is 0.348 e. The second-order valence-corrected chi connectivity index (χ2v) is 6.38. The molecule has 1 fully saturated rings. The van der Waals surface area contributed by atoms with Gasteiger partial charge >= 0.3 is 0 Å². The molecular formula is C12H13Cl2N3S. The number of thiazole rings is 1. The Kier molecular flexibility index (Phi) is 3.36. The number of benzene rings is 1. The van der Waals surface area contributed by atoms with Crippen LogP contribution in [0.5, 0.6) is 0 Å². The Balaban J connectivity index is 1.96. The third kappa shape index (κ3) is 2.30. The molecule has 0 aliphatic carbocycles. The molecule has 0 amide bonds. The van der Waals surface area contributed by atoms with Crippen LogP contribution in [0, 0.1) is 0 Å². The number of rotatable bonds is 1. The molecule has 0 spiro atoms. The van der Waals surface area contributed by atoms with E-state index in [1.54, 1.807) is 17.4 Å². The van der Waals surface area contributed by atoms with Crippen LogP contribution in [0.1, 0.15) is 12.8 Å². The highest BCUT2D eigenvalue weighted by atomic mass is 35.5. The van der Waals surface area contributed by atoms with Gasteiger partial charge in [0, 0.05) is 24.2 Å². The lowest BCUT2D eigenvalue weighted by molar-refractivity contribution is 0.501. The Bertz CT molecular complexity index is 576. The van der Waals surface area contributed by atoms with Crippen molar-refractivity contribution < 1.29 is 0 Å². The zero-order valence-electron chi connectivity index (χ0n) is 9.70. The summed E-state index contributed by atoms with van der Waals surface area (Å²) in [6.45, 7) is 1.93. The molecule has 1 aromatic carbocycles. The topological polar surface area (TPSA) is 42.1 Å². The lowest BCUT2D eigenvalue weighted by atomic mass is 10.1. The minimum Gasteiger partial charge on any atom is -0.348 e. The minimum atomic E-state index is 0.327. The summed E-state index contributed by atoms with van der Waals surface area (Å²) in [6.07, 6.45) is 2.04. The van der Waals surface area contributed by atoms with Crippen LogP contribution in [0.4, 0.5) is 5.13 Å². The van der Waals surface area contributed by atoms with Crippen molar-refractivity contribution in [1.29, 1.82) is 0 Å². The molecule has 3 rings (SSSR count). The van der Waals surface area contributed by atoms with Crippen molar-refractivity contribution in [2.45, 2.75) is 18.9 Å². The Morgan fingerprint density at radius 3 is 2.72 bits per heavy atom. The summed E-state index contributed by atoms with van der Waals surface area (Å²) >= 11 is 13.8. The van der Waals surface area contributed by atoms with Crippen LogP contribution >= 0.6 is 34.5 Å². The van der Waals surface area contributed by atoms with Gasteiger partial charge in [0.2, 0.25) is 0 Å². The van der Waals surface area contributed by atoms with E-state index in [2.05, 4.69) is 9.88 Å². The zero-order valence-corrected chi connectivity index (χ0v) is 12.0. The van der Waals surface area contributed by atoms with E-state index in [1.807, 2.05) is 6.07 Å². The molecule has 1 aromatic heterocycles. The predicted molar refractivity (Wildman–Crippen MR) is 79.1 cm³/mol. The summed E-state index contributed by atoms with van der Waals surface area (Å²) in [5.74, 6) is 0. The van der Waals surface area contributed by atoms with E-state index in [9.17, 15) is 0 Å². The molecule has 0 atom stereocenters. The smallest absolute Gasteiger partial charge is 0.186 e. The highest BCUT2D eigenvalue weighted by Gasteiger charge is 2.19. The van der Waals surface area contributed by atoms with Crippen LogP contribution in [0.2, 0.25) is 10.0 Å². The number of nitrogens with zero attached hydrogens (tertiary/aromatic N) is 2. The Morgan fingerprint density at radius 2 is 2.00 bits per heavy atom. The first-order valence-electron chi connectivity index (χ1n) is 5.89. The molecule has 2 heterocycles. The highest BCUT2D eigenvalue weighted by Crippen LogP contribution is 2.36. The maximum atomic E-state index is 6.19. The van der Waals surface area contributed by atoms with Gasteiger partial charge in [0.15, 0.2) is 5.13 Å². The highest BCUT2D eigenvalue weighted by molar-refractivity contribution is 7.22. The molecule has 1 aliphatic heterocycles. The van der Waals surface area contributed by atoms with E-state index in [0.29, 0.717) is 16.1 Å². The summed E-state index contributed by atoms with van der Waals surface area (Å²) < 4.78 is 1.01. The molecule has 2 N–H and O–H groups in total. The average molecular weight is 302 g/mol. The summed E-state index contributed by atoms with van der Waals surface area (Å²) in [6, 6.07) is 3.95. The number of hydrogen-bond acceptors (Lipinski definition) is 4. The first-order chi connectivity index (χ1) is 8.63. The van der Waals surface area contributed by atoms with Gasteiger partial charge in [-0.15, -0.1) is 0 Å². The Morgan fingerprint density at radius 1 is 1.28 bits per heavy atom. The number of piperidine rings is 1. The molecular weight excluding hydrogens is 289 g/mol. The molecule has 2 aromatic rings. The minimum absolute atomic E-state index is 0.327. The van der Waals surface area contributed by atoms with Crippen molar-refractivity contribution >= 4 is 49.9 Å². The molecule has 6 heteroatoms. The number of nitrogens with two attached hydrogens (primary N) is 1. The van der Waals surface area contributed by atoms with E-state index in [4.69, 9.17) is 28.9 Å². The van der Waals surface area contributed by atoms with Gasteiger partial charge in [-0.05, 0) is 25.0 Å². The van der Waals surface area contributed by atoms with Gasteiger partial charge < -0.3 is 10.6 Å². The van der Waals surface area contributed by atoms with Crippen LogP contribution in [-0.2, 0) is 0 Å². The first kappa shape index (κ1) is 12.5.